The molecule has 0 heterocycles. The molecule has 1 atom stereocenters. The fourth-order valence-corrected chi connectivity index (χ4v) is 2.87. The van der Waals surface area contributed by atoms with Crippen molar-refractivity contribution in [3.63, 3.8) is 0 Å². The molecule has 0 fully saturated rings. The number of carbonyl (C=O) groups excluding carboxylic acids is 2. The fraction of sp³-hybridized carbons (Fsp3) is 0.364. The number of aryl methyl sites for hydroxylation is 2. The van der Waals surface area contributed by atoms with Gasteiger partial charge in [0, 0.05) is 12.2 Å². The molecular weight excluding hydrogens is 354 g/mol. The number of hydrogen-bond donors (Lipinski definition) is 2. The largest absolute Gasteiger partial charge is 0.497 e. The smallest absolute Gasteiger partial charge is 0.243 e. The zero-order valence-electron chi connectivity index (χ0n) is 17.2. The van der Waals surface area contributed by atoms with Crippen molar-refractivity contribution in [2.45, 2.75) is 33.4 Å². The normalized spacial score (nSPS) is 11.8. The van der Waals surface area contributed by atoms with E-state index in [-0.39, 0.29) is 24.4 Å². The number of ether oxygens (including phenoxy) is 1. The lowest BCUT2D eigenvalue weighted by Crippen LogP contribution is -2.45. The Morgan fingerprint density at radius 2 is 1.68 bits per heavy atom. The maximum Gasteiger partial charge on any atom is 0.243 e. The van der Waals surface area contributed by atoms with E-state index in [2.05, 4.69) is 10.6 Å². The van der Waals surface area contributed by atoms with Gasteiger partial charge in [0.2, 0.25) is 11.8 Å². The average Bonchev–Trinajstić information content (AvgIpc) is 2.69. The van der Waals surface area contributed by atoms with Crippen molar-refractivity contribution in [1.82, 2.24) is 10.2 Å². The highest BCUT2D eigenvalue weighted by atomic mass is 16.5. The molecule has 0 radical (unpaired) electrons. The number of benzene rings is 2. The lowest BCUT2D eigenvalue weighted by Gasteiger charge is -2.24. The number of hydrogen-bond acceptors (Lipinski definition) is 4. The molecule has 28 heavy (non-hydrogen) atoms. The van der Waals surface area contributed by atoms with Gasteiger partial charge < -0.3 is 15.4 Å². The van der Waals surface area contributed by atoms with Crippen LogP contribution in [-0.2, 0) is 16.1 Å². The van der Waals surface area contributed by atoms with Crippen molar-refractivity contribution in [3.8, 4) is 5.75 Å². The van der Waals surface area contributed by atoms with Crippen LogP contribution in [0.2, 0.25) is 0 Å². The van der Waals surface area contributed by atoms with Gasteiger partial charge in [0.15, 0.2) is 0 Å². The van der Waals surface area contributed by atoms with Crippen LogP contribution in [0.3, 0.4) is 0 Å². The third-order valence-corrected chi connectivity index (χ3v) is 4.80. The third-order valence-electron chi connectivity index (χ3n) is 4.80. The molecule has 0 spiro atoms. The van der Waals surface area contributed by atoms with Crippen molar-refractivity contribution in [2.75, 3.05) is 26.0 Å². The van der Waals surface area contributed by atoms with Crippen molar-refractivity contribution in [1.29, 1.82) is 0 Å². The van der Waals surface area contributed by atoms with Crippen LogP contribution in [-0.4, -0.2) is 43.5 Å². The number of amides is 2. The highest BCUT2D eigenvalue weighted by molar-refractivity contribution is 5.96. The number of carbonyl (C=O) groups is 2. The predicted octanol–water partition coefficient (Wildman–Crippen LogP) is 2.89. The van der Waals surface area contributed by atoms with E-state index in [0.29, 0.717) is 6.54 Å². The van der Waals surface area contributed by atoms with E-state index >= 15 is 0 Å². The number of nitrogens with zero attached hydrogens (tertiary/aromatic N) is 1. The molecular formula is C22H29N3O3. The Morgan fingerprint density at radius 1 is 1.07 bits per heavy atom. The number of para-hydroxylation sites is 1. The summed E-state index contributed by atoms with van der Waals surface area (Å²) >= 11 is 0. The zero-order valence-corrected chi connectivity index (χ0v) is 17.2. The number of likely N-dealkylation sites (N-methyl/N-ethyl adjacent to an activating group) is 1. The second-order valence-corrected chi connectivity index (χ2v) is 6.97. The quantitative estimate of drug-likeness (QED) is 0.735. The van der Waals surface area contributed by atoms with Crippen molar-refractivity contribution < 1.29 is 14.3 Å². The number of methoxy groups -OCH3 is 1. The van der Waals surface area contributed by atoms with E-state index in [1.54, 1.807) is 7.11 Å². The summed E-state index contributed by atoms with van der Waals surface area (Å²) in [6, 6.07) is 13.2. The van der Waals surface area contributed by atoms with Crippen LogP contribution in [0.1, 0.15) is 23.6 Å². The molecule has 0 unspecified atom stereocenters. The van der Waals surface area contributed by atoms with E-state index in [1.165, 1.54) is 0 Å². The van der Waals surface area contributed by atoms with Gasteiger partial charge >= 0.3 is 0 Å². The van der Waals surface area contributed by atoms with Crippen LogP contribution < -0.4 is 15.4 Å². The molecule has 6 nitrogen and oxygen atoms in total. The van der Waals surface area contributed by atoms with Gasteiger partial charge in [-0.2, -0.15) is 0 Å². The predicted molar refractivity (Wildman–Crippen MR) is 111 cm³/mol. The van der Waals surface area contributed by atoms with Gasteiger partial charge in [0.1, 0.15) is 5.75 Å². The number of nitrogens with one attached hydrogen (secondary N) is 2. The van der Waals surface area contributed by atoms with Crippen LogP contribution in [0.15, 0.2) is 42.5 Å². The van der Waals surface area contributed by atoms with E-state index in [1.807, 2.05) is 75.2 Å². The summed E-state index contributed by atoms with van der Waals surface area (Å²) in [7, 11) is 3.51. The number of anilines is 1. The minimum absolute atomic E-state index is 0.0622. The summed E-state index contributed by atoms with van der Waals surface area (Å²) in [5.41, 5.74) is 3.86. The Labute approximate surface area is 166 Å². The molecule has 2 N–H and O–H groups in total. The van der Waals surface area contributed by atoms with Gasteiger partial charge in [-0.3, -0.25) is 14.5 Å². The summed E-state index contributed by atoms with van der Waals surface area (Å²) in [4.78, 5) is 26.6. The van der Waals surface area contributed by atoms with Gasteiger partial charge in [-0.1, -0.05) is 30.3 Å². The molecule has 2 aromatic carbocycles. The maximum atomic E-state index is 12.4. The molecule has 0 bridgehead atoms. The Bertz CT molecular complexity index is 798. The van der Waals surface area contributed by atoms with E-state index in [4.69, 9.17) is 4.74 Å². The van der Waals surface area contributed by atoms with Gasteiger partial charge in [-0.05, 0) is 56.6 Å². The first-order valence-electron chi connectivity index (χ1n) is 9.28. The van der Waals surface area contributed by atoms with E-state index in [9.17, 15) is 9.59 Å². The average molecular weight is 383 g/mol. The molecule has 0 saturated carbocycles. The first-order chi connectivity index (χ1) is 13.3. The van der Waals surface area contributed by atoms with Gasteiger partial charge in [0.25, 0.3) is 0 Å². The molecule has 150 valence electrons. The van der Waals surface area contributed by atoms with Crippen LogP contribution in [0, 0.1) is 13.8 Å². The summed E-state index contributed by atoms with van der Waals surface area (Å²) in [5, 5.41) is 5.59. The van der Waals surface area contributed by atoms with Gasteiger partial charge in [-0.15, -0.1) is 0 Å². The minimum Gasteiger partial charge on any atom is -0.497 e. The molecule has 0 aliphatic rings. The molecule has 0 aliphatic heterocycles. The van der Waals surface area contributed by atoms with Crippen molar-refractivity contribution in [2.24, 2.45) is 0 Å². The Balaban J connectivity index is 1.84. The van der Waals surface area contributed by atoms with Crippen LogP contribution in [0.4, 0.5) is 5.69 Å². The Hall–Kier alpha value is -2.86. The second kappa shape index (κ2) is 9.90. The molecule has 2 rings (SSSR count). The second-order valence-electron chi connectivity index (χ2n) is 6.97. The van der Waals surface area contributed by atoms with Crippen molar-refractivity contribution >= 4 is 17.5 Å². The number of rotatable bonds is 8. The molecule has 0 aromatic heterocycles. The lowest BCUT2D eigenvalue weighted by atomic mass is 10.1. The maximum absolute atomic E-state index is 12.4. The monoisotopic (exact) mass is 383 g/mol. The molecule has 6 heteroatoms. The summed E-state index contributed by atoms with van der Waals surface area (Å²) in [6.45, 7) is 6.26. The first-order valence-corrected chi connectivity index (χ1v) is 9.28. The van der Waals surface area contributed by atoms with E-state index in [0.717, 1.165) is 28.1 Å². The summed E-state index contributed by atoms with van der Waals surface area (Å²) in [5.74, 6) is 0.371. The van der Waals surface area contributed by atoms with E-state index < -0.39 is 0 Å². The molecule has 2 amide bonds. The molecule has 0 saturated heterocycles. The lowest BCUT2D eigenvalue weighted by molar-refractivity contribution is -0.127. The fourth-order valence-electron chi connectivity index (χ4n) is 2.87. The Morgan fingerprint density at radius 3 is 2.25 bits per heavy atom. The van der Waals surface area contributed by atoms with Crippen LogP contribution in [0.5, 0.6) is 5.75 Å². The zero-order chi connectivity index (χ0) is 20.7. The SMILES string of the molecule is COc1ccc(CN(C)[C@@H](C)C(=O)NCC(=O)Nc2c(C)cccc2C)cc1. The first kappa shape index (κ1) is 21.4. The van der Waals surface area contributed by atoms with Crippen molar-refractivity contribution in [3.05, 3.63) is 59.2 Å². The molecule has 0 aliphatic carbocycles. The topological polar surface area (TPSA) is 70.7 Å². The van der Waals surface area contributed by atoms with Crippen LogP contribution in [0.25, 0.3) is 0 Å². The van der Waals surface area contributed by atoms with Gasteiger partial charge in [-0.25, -0.2) is 0 Å². The highest BCUT2D eigenvalue weighted by Crippen LogP contribution is 2.19. The summed E-state index contributed by atoms with van der Waals surface area (Å²) in [6.07, 6.45) is 0. The minimum atomic E-state index is -0.366. The third kappa shape index (κ3) is 5.82. The Kier molecular flexibility index (Phi) is 7.58. The summed E-state index contributed by atoms with van der Waals surface area (Å²) < 4.78 is 5.16. The van der Waals surface area contributed by atoms with Crippen LogP contribution >= 0.6 is 0 Å². The van der Waals surface area contributed by atoms with Gasteiger partial charge in [0.05, 0.1) is 19.7 Å². The molecule has 2 aromatic rings. The standard InChI is InChI=1S/C22H29N3O3/c1-15-7-6-8-16(2)21(15)24-20(26)13-23-22(27)17(3)25(4)14-18-9-11-19(28-5)12-10-18/h6-12,17H,13-14H2,1-5H3,(H,23,27)(H,24,26)/t17-/m0/s1. The highest BCUT2D eigenvalue weighted by Gasteiger charge is 2.19.